The van der Waals surface area contributed by atoms with E-state index in [0.29, 0.717) is 16.1 Å². The molecule has 150 valence electrons. The molecule has 9 heteroatoms. The van der Waals surface area contributed by atoms with Crippen molar-refractivity contribution in [2.75, 3.05) is 0 Å². The van der Waals surface area contributed by atoms with Gasteiger partial charge < -0.3 is 0 Å². The quantitative estimate of drug-likeness (QED) is 0.229. The smallest absolute Gasteiger partial charge is 0.269 e. The Balaban J connectivity index is 1.54. The summed E-state index contributed by atoms with van der Waals surface area (Å²) in [5, 5.41) is 3.46. The number of rotatable bonds is 5. The first-order valence-electron chi connectivity index (χ1n) is 8.97. The highest BCUT2D eigenvalue weighted by Crippen LogP contribution is 2.39. The Kier molecular flexibility index (Phi) is 4.92. The Morgan fingerprint density at radius 3 is 2.63 bits per heavy atom. The second-order valence-corrected chi connectivity index (χ2v) is 8.29. The Morgan fingerprint density at radius 1 is 1.03 bits per heavy atom. The average Bonchev–Trinajstić information content (AvgIpc) is 3.34. The maximum Gasteiger partial charge on any atom is 0.320 e. The lowest BCUT2D eigenvalue weighted by Crippen LogP contribution is -2.03. The monoisotopic (exact) mass is 442 g/mol. The van der Waals surface area contributed by atoms with Crippen molar-refractivity contribution >= 4 is 44.3 Å². The minimum atomic E-state index is -2.69. The molecule has 0 N–H and O–H groups in total. The number of aromatic nitrogens is 4. The second kappa shape index (κ2) is 7.73. The van der Waals surface area contributed by atoms with E-state index in [1.807, 2.05) is 5.38 Å². The van der Waals surface area contributed by atoms with Crippen molar-refractivity contribution in [1.29, 1.82) is 0 Å². The van der Waals surface area contributed by atoms with Crippen LogP contribution in [0.4, 0.5) is 13.2 Å². The summed E-state index contributed by atoms with van der Waals surface area (Å²) < 4.78 is 41.7. The van der Waals surface area contributed by atoms with E-state index in [1.165, 1.54) is 41.6 Å². The maximum atomic E-state index is 13.7. The van der Waals surface area contributed by atoms with E-state index in [1.54, 1.807) is 36.4 Å². The molecule has 0 unspecified atom stereocenters. The van der Waals surface area contributed by atoms with E-state index in [2.05, 4.69) is 15.0 Å². The molecule has 5 aromatic rings. The van der Waals surface area contributed by atoms with Crippen molar-refractivity contribution < 1.29 is 13.2 Å². The lowest BCUT2D eigenvalue weighted by atomic mass is 10.1. The van der Waals surface area contributed by atoms with Gasteiger partial charge >= 0.3 is 6.55 Å². The van der Waals surface area contributed by atoms with E-state index in [0.717, 1.165) is 25.9 Å². The van der Waals surface area contributed by atoms with Gasteiger partial charge in [0.1, 0.15) is 27.8 Å². The van der Waals surface area contributed by atoms with Crippen LogP contribution in [0.25, 0.3) is 32.4 Å². The van der Waals surface area contributed by atoms with Gasteiger partial charge in [0.15, 0.2) is 0 Å². The van der Waals surface area contributed by atoms with Crippen molar-refractivity contribution in [2.24, 2.45) is 0 Å². The predicted octanol–water partition coefficient (Wildman–Crippen LogP) is 6.53. The van der Waals surface area contributed by atoms with Crippen LogP contribution in [0.15, 0.2) is 65.3 Å². The largest absolute Gasteiger partial charge is 0.320 e. The molecule has 0 saturated heterocycles. The highest BCUT2D eigenvalue weighted by molar-refractivity contribution is 7.98. The molecular formula is C21H13F3N4S2. The van der Waals surface area contributed by atoms with Gasteiger partial charge in [0.05, 0.1) is 22.2 Å². The summed E-state index contributed by atoms with van der Waals surface area (Å²) in [6, 6.07) is 13.1. The second-order valence-electron chi connectivity index (χ2n) is 6.47. The highest BCUT2D eigenvalue weighted by atomic mass is 32.2. The molecule has 0 aliphatic rings. The number of imidazole rings is 1. The first-order chi connectivity index (χ1) is 14.6. The van der Waals surface area contributed by atoms with Gasteiger partial charge in [0.2, 0.25) is 0 Å². The molecule has 0 bridgehead atoms. The van der Waals surface area contributed by atoms with Crippen LogP contribution in [0.1, 0.15) is 12.4 Å². The Hall–Kier alpha value is -2.91. The number of nitrogens with zero attached hydrogens (tertiary/aromatic N) is 4. The SMILES string of the molecule is Fc1ccc(-c2csc3ncnc(SCc4nc5ccccc5n4C(F)F)c23)cc1. The van der Waals surface area contributed by atoms with E-state index in [9.17, 15) is 13.2 Å². The molecule has 0 amide bonds. The lowest BCUT2D eigenvalue weighted by molar-refractivity contribution is 0.0722. The maximum absolute atomic E-state index is 13.7. The van der Waals surface area contributed by atoms with Crippen molar-refractivity contribution in [3.05, 3.63) is 71.9 Å². The van der Waals surface area contributed by atoms with Crippen molar-refractivity contribution in [2.45, 2.75) is 17.3 Å². The van der Waals surface area contributed by atoms with Crippen LogP contribution in [0, 0.1) is 5.82 Å². The number of thiophene rings is 1. The minimum absolute atomic E-state index is 0.226. The molecule has 4 nitrogen and oxygen atoms in total. The summed E-state index contributed by atoms with van der Waals surface area (Å²) in [5.41, 5.74) is 2.67. The number of fused-ring (bicyclic) bond motifs is 2. The average molecular weight is 442 g/mol. The Bertz CT molecular complexity index is 1350. The van der Waals surface area contributed by atoms with Crippen LogP contribution >= 0.6 is 23.1 Å². The highest BCUT2D eigenvalue weighted by Gasteiger charge is 2.19. The third kappa shape index (κ3) is 3.33. The molecule has 0 saturated carbocycles. The van der Waals surface area contributed by atoms with Crippen LogP contribution in [0.3, 0.4) is 0 Å². The van der Waals surface area contributed by atoms with Crippen molar-refractivity contribution in [3.8, 4) is 11.1 Å². The lowest BCUT2D eigenvalue weighted by Gasteiger charge is -2.08. The molecule has 3 heterocycles. The van der Waals surface area contributed by atoms with Crippen LogP contribution in [0.5, 0.6) is 0 Å². The zero-order valence-corrected chi connectivity index (χ0v) is 16.9. The topological polar surface area (TPSA) is 43.6 Å². The zero-order valence-electron chi connectivity index (χ0n) is 15.3. The van der Waals surface area contributed by atoms with Gasteiger partial charge in [-0.15, -0.1) is 11.3 Å². The number of hydrogen-bond donors (Lipinski definition) is 0. The van der Waals surface area contributed by atoms with Gasteiger partial charge in [0, 0.05) is 10.9 Å². The zero-order chi connectivity index (χ0) is 20.7. The van der Waals surface area contributed by atoms with Gasteiger partial charge in [-0.05, 0) is 29.8 Å². The van der Waals surface area contributed by atoms with E-state index in [-0.39, 0.29) is 17.4 Å². The summed E-state index contributed by atoms with van der Waals surface area (Å²) in [5.74, 6) is 0.195. The third-order valence-electron chi connectivity index (χ3n) is 4.69. The summed E-state index contributed by atoms with van der Waals surface area (Å²) in [6.07, 6.45) is 1.46. The molecular weight excluding hydrogens is 429 g/mol. The molecule has 5 rings (SSSR count). The van der Waals surface area contributed by atoms with Gasteiger partial charge in [0.25, 0.3) is 0 Å². The van der Waals surface area contributed by atoms with Crippen molar-refractivity contribution in [1.82, 2.24) is 19.5 Å². The van der Waals surface area contributed by atoms with Crippen LogP contribution in [-0.2, 0) is 5.75 Å². The molecule has 30 heavy (non-hydrogen) atoms. The third-order valence-corrected chi connectivity index (χ3v) is 6.56. The van der Waals surface area contributed by atoms with Crippen LogP contribution in [-0.4, -0.2) is 19.5 Å². The standard InChI is InChI=1S/C21H13F3N4S2/c22-13-7-5-12(6-8-13)14-9-29-19-18(14)20(26-11-25-19)30-10-17-27-15-3-1-2-4-16(15)28(17)21(23)24/h1-9,11,21H,10H2. The summed E-state index contributed by atoms with van der Waals surface area (Å²) in [6.45, 7) is -2.69. The molecule has 2 aromatic carbocycles. The van der Waals surface area contributed by atoms with Crippen LogP contribution < -0.4 is 0 Å². The summed E-state index contributed by atoms with van der Waals surface area (Å²) >= 11 is 2.79. The number of para-hydroxylation sites is 2. The molecule has 0 spiro atoms. The van der Waals surface area contributed by atoms with Gasteiger partial charge in [-0.25, -0.2) is 19.3 Å². The fourth-order valence-electron chi connectivity index (χ4n) is 3.35. The minimum Gasteiger partial charge on any atom is -0.269 e. The fourth-order valence-corrected chi connectivity index (χ4v) is 5.27. The molecule has 0 aliphatic carbocycles. The van der Waals surface area contributed by atoms with Gasteiger partial charge in [-0.3, -0.25) is 4.57 Å². The fraction of sp³-hybridized carbons (Fsp3) is 0.0952. The Morgan fingerprint density at radius 2 is 1.83 bits per heavy atom. The number of thioether (sulfide) groups is 1. The molecule has 0 radical (unpaired) electrons. The number of halogens is 3. The number of alkyl halides is 2. The summed E-state index contributed by atoms with van der Waals surface area (Å²) in [7, 11) is 0. The molecule has 0 atom stereocenters. The van der Waals surface area contributed by atoms with Crippen molar-refractivity contribution in [3.63, 3.8) is 0 Å². The predicted molar refractivity (Wildman–Crippen MR) is 113 cm³/mol. The molecule has 0 aliphatic heterocycles. The van der Waals surface area contributed by atoms with Gasteiger partial charge in [-0.1, -0.05) is 36.0 Å². The molecule has 3 aromatic heterocycles. The number of benzene rings is 2. The normalized spacial score (nSPS) is 11.7. The van der Waals surface area contributed by atoms with E-state index in [4.69, 9.17) is 0 Å². The van der Waals surface area contributed by atoms with Crippen LogP contribution in [0.2, 0.25) is 0 Å². The number of hydrogen-bond acceptors (Lipinski definition) is 5. The first-order valence-corrected chi connectivity index (χ1v) is 10.8. The van der Waals surface area contributed by atoms with Gasteiger partial charge in [-0.2, -0.15) is 8.78 Å². The summed E-state index contributed by atoms with van der Waals surface area (Å²) in [4.78, 5) is 13.9. The first kappa shape index (κ1) is 19.1. The van der Waals surface area contributed by atoms with E-state index >= 15 is 0 Å². The molecule has 0 fully saturated rings. The van der Waals surface area contributed by atoms with E-state index < -0.39 is 6.55 Å². The Labute approximate surface area is 177 Å².